The summed E-state index contributed by atoms with van der Waals surface area (Å²) < 4.78 is 34.5. The second-order valence-corrected chi connectivity index (χ2v) is 7.54. The number of nitrogens with zero attached hydrogens (tertiary/aromatic N) is 1. The molecule has 6 heteroatoms. The highest BCUT2D eigenvalue weighted by Gasteiger charge is 2.14. The van der Waals surface area contributed by atoms with Crippen LogP contribution >= 0.6 is 0 Å². The van der Waals surface area contributed by atoms with Gasteiger partial charge in [-0.05, 0) is 23.8 Å². The Bertz CT molecular complexity index is 788. The fraction of sp³-hybridized carbons (Fsp3) is 0.188. The lowest BCUT2D eigenvalue weighted by atomic mass is 10.2. The average molecular weight is 321 g/mol. The third-order valence-corrected chi connectivity index (χ3v) is 3.36. The summed E-state index contributed by atoms with van der Waals surface area (Å²) in [5.74, 6) is -1.48. The van der Waals surface area contributed by atoms with Gasteiger partial charge in [0.25, 0.3) is 0 Å². The topological polar surface area (TPSA) is 55.7 Å². The van der Waals surface area contributed by atoms with Gasteiger partial charge in [-0.1, -0.05) is 30.3 Å². The number of benzene rings is 2. The molecule has 0 N–H and O–H groups in total. The van der Waals surface area contributed by atoms with Gasteiger partial charge in [0.1, 0.15) is 12.4 Å². The van der Waals surface area contributed by atoms with Crippen molar-refractivity contribution in [2.45, 2.75) is 6.61 Å². The van der Waals surface area contributed by atoms with Crippen molar-refractivity contribution in [1.82, 2.24) is 0 Å². The molecule has 0 saturated heterocycles. The molecular weight excluding hydrogens is 305 g/mol. The lowest BCUT2D eigenvalue weighted by Crippen LogP contribution is -2.07. The third kappa shape index (κ3) is 4.66. The number of esters is 1. The molecule has 2 rings (SSSR count). The van der Waals surface area contributed by atoms with Crippen LogP contribution in [-0.4, -0.2) is 22.7 Å². The minimum absolute atomic E-state index is 0.0543. The van der Waals surface area contributed by atoms with Gasteiger partial charge in [-0.25, -0.2) is 13.4 Å². The second kappa shape index (κ2) is 6.70. The maximum Gasteiger partial charge on any atom is 0.341 e. The number of rotatable bonds is 4. The molecule has 0 saturated carbocycles. The van der Waals surface area contributed by atoms with Gasteiger partial charge in [-0.15, -0.1) is 0 Å². The fourth-order valence-electron chi connectivity index (χ4n) is 1.78. The second-order valence-electron chi connectivity index (χ2n) is 5.00. The molecule has 0 aliphatic carbocycles. The number of hydrogen-bond acceptors (Lipinski definition) is 4. The van der Waals surface area contributed by atoms with E-state index in [1.54, 1.807) is 12.1 Å². The maximum absolute atomic E-state index is 13.8. The molecule has 0 amide bonds. The molecule has 0 heterocycles. The number of ether oxygens (including phenoxy) is 1. The van der Waals surface area contributed by atoms with Crippen molar-refractivity contribution < 1.29 is 18.1 Å². The van der Waals surface area contributed by atoms with Crippen LogP contribution < -0.4 is 0 Å². The van der Waals surface area contributed by atoms with Gasteiger partial charge in [-0.3, -0.25) is 0 Å². The Kier molecular flexibility index (Phi) is 4.92. The summed E-state index contributed by atoms with van der Waals surface area (Å²) in [5, 5.41) is 0. The third-order valence-electron chi connectivity index (χ3n) is 2.71. The summed E-state index contributed by atoms with van der Waals surface area (Å²) in [6.45, 7) is 0.0543. The summed E-state index contributed by atoms with van der Waals surface area (Å²) in [4.78, 5) is 12.0. The average Bonchev–Trinajstić information content (AvgIpc) is 2.46. The molecule has 22 heavy (non-hydrogen) atoms. The summed E-state index contributed by atoms with van der Waals surface area (Å²) in [5.41, 5.74) is 0.867. The molecule has 0 fully saturated rings. The largest absolute Gasteiger partial charge is 0.457 e. The summed E-state index contributed by atoms with van der Waals surface area (Å²) in [6.07, 6.45) is 2.92. The van der Waals surface area contributed by atoms with Crippen molar-refractivity contribution in [3.8, 4) is 0 Å². The Morgan fingerprint density at radius 1 is 1.18 bits per heavy atom. The first-order valence-electron chi connectivity index (χ1n) is 6.53. The predicted molar refractivity (Wildman–Crippen MR) is 84.0 cm³/mol. The van der Waals surface area contributed by atoms with Crippen molar-refractivity contribution in [3.63, 3.8) is 0 Å². The molecule has 2 aromatic rings. The quantitative estimate of drug-likeness (QED) is 0.809. The molecule has 0 aliphatic heterocycles. The molecule has 4 nitrogen and oxygen atoms in total. The summed E-state index contributed by atoms with van der Waals surface area (Å²) in [7, 11) is -2.39. The number of halogens is 1. The zero-order chi connectivity index (χ0) is 16.2. The van der Waals surface area contributed by atoms with Crippen LogP contribution in [0, 0.1) is 5.82 Å². The highest BCUT2D eigenvalue weighted by Crippen LogP contribution is 2.20. The Balaban J connectivity index is 2.19. The monoisotopic (exact) mass is 321 g/mol. The van der Waals surface area contributed by atoms with Gasteiger partial charge in [0.05, 0.1) is 11.3 Å². The van der Waals surface area contributed by atoms with Gasteiger partial charge in [0.15, 0.2) is 0 Å². The Morgan fingerprint density at radius 2 is 1.86 bits per heavy atom. The lowest BCUT2D eigenvalue weighted by Gasteiger charge is -2.07. The Labute approximate surface area is 129 Å². The van der Waals surface area contributed by atoms with Crippen molar-refractivity contribution in [2.24, 2.45) is 4.36 Å². The number of hydrogen-bond donors (Lipinski definition) is 0. The fourth-order valence-corrected chi connectivity index (χ4v) is 2.40. The van der Waals surface area contributed by atoms with Crippen LogP contribution in [0.15, 0.2) is 52.9 Å². The van der Waals surface area contributed by atoms with E-state index in [0.717, 1.165) is 11.6 Å². The van der Waals surface area contributed by atoms with Crippen molar-refractivity contribution in [3.05, 3.63) is 65.5 Å². The lowest BCUT2D eigenvalue weighted by molar-refractivity contribution is 0.0467. The molecule has 0 bridgehead atoms. The SMILES string of the molecule is CS(C)(=O)=Nc1ccc(F)c(C(=O)OCc2ccccc2)c1. The van der Waals surface area contributed by atoms with Gasteiger partial charge in [-0.2, -0.15) is 4.36 Å². The van der Waals surface area contributed by atoms with Gasteiger partial charge in [0, 0.05) is 22.2 Å². The molecular formula is C16H16FNO3S. The van der Waals surface area contributed by atoms with Gasteiger partial charge >= 0.3 is 5.97 Å². The van der Waals surface area contributed by atoms with E-state index >= 15 is 0 Å². The first-order chi connectivity index (χ1) is 10.3. The first kappa shape index (κ1) is 16.2. The van der Waals surface area contributed by atoms with Crippen LogP contribution in [0.4, 0.5) is 10.1 Å². The normalized spacial score (nSPS) is 11.0. The smallest absolute Gasteiger partial charge is 0.341 e. The first-order valence-corrected chi connectivity index (χ1v) is 8.86. The molecule has 0 aliphatic rings. The Morgan fingerprint density at radius 3 is 2.50 bits per heavy atom. The zero-order valence-corrected chi connectivity index (χ0v) is 13.1. The van der Waals surface area contributed by atoms with Crippen molar-refractivity contribution >= 4 is 21.4 Å². The summed E-state index contributed by atoms with van der Waals surface area (Å²) >= 11 is 0. The van der Waals surface area contributed by atoms with Crippen LogP contribution in [0.2, 0.25) is 0 Å². The van der Waals surface area contributed by atoms with E-state index in [2.05, 4.69) is 4.36 Å². The number of carbonyl (C=O) groups is 1. The van der Waals surface area contributed by atoms with E-state index in [-0.39, 0.29) is 17.9 Å². The van der Waals surface area contributed by atoms with E-state index < -0.39 is 21.5 Å². The van der Waals surface area contributed by atoms with Crippen LogP contribution in [-0.2, 0) is 21.1 Å². The van der Waals surface area contributed by atoms with Crippen molar-refractivity contribution in [1.29, 1.82) is 0 Å². The molecule has 0 radical (unpaired) electrons. The standard InChI is InChI=1S/C16H16FNO3S/c1-22(2,20)18-13-8-9-15(17)14(10-13)16(19)21-11-12-6-4-3-5-7-12/h3-10H,11H2,1-2H3. The van der Waals surface area contributed by atoms with E-state index in [9.17, 15) is 13.4 Å². The van der Waals surface area contributed by atoms with E-state index in [0.29, 0.717) is 0 Å². The van der Waals surface area contributed by atoms with E-state index in [1.807, 2.05) is 18.2 Å². The summed E-state index contributed by atoms with van der Waals surface area (Å²) in [6, 6.07) is 12.8. The van der Waals surface area contributed by atoms with Crippen molar-refractivity contribution in [2.75, 3.05) is 12.5 Å². The van der Waals surface area contributed by atoms with Crippen LogP contribution in [0.5, 0.6) is 0 Å². The highest BCUT2D eigenvalue weighted by molar-refractivity contribution is 7.92. The van der Waals surface area contributed by atoms with E-state index in [1.165, 1.54) is 24.6 Å². The van der Waals surface area contributed by atoms with Crippen LogP contribution in [0.25, 0.3) is 0 Å². The van der Waals surface area contributed by atoms with E-state index in [4.69, 9.17) is 4.74 Å². The minimum atomic E-state index is -2.39. The van der Waals surface area contributed by atoms with Gasteiger partial charge < -0.3 is 4.74 Å². The van der Waals surface area contributed by atoms with Crippen LogP contribution in [0.3, 0.4) is 0 Å². The van der Waals surface area contributed by atoms with Crippen LogP contribution in [0.1, 0.15) is 15.9 Å². The molecule has 116 valence electrons. The minimum Gasteiger partial charge on any atom is -0.457 e. The molecule has 0 aromatic heterocycles. The molecule has 2 aromatic carbocycles. The Hall–Kier alpha value is -2.21. The maximum atomic E-state index is 13.8. The predicted octanol–water partition coefficient (Wildman–Crippen LogP) is 3.54. The molecule has 0 unspecified atom stereocenters. The molecule has 0 atom stereocenters. The molecule has 0 spiro atoms. The van der Waals surface area contributed by atoms with Gasteiger partial charge in [0.2, 0.25) is 0 Å². The highest BCUT2D eigenvalue weighted by atomic mass is 32.2. The number of carbonyl (C=O) groups excluding carboxylic acids is 1. The zero-order valence-electron chi connectivity index (χ0n) is 12.3.